The number of piperidine rings is 1. The number of rotatable bonds is 4. The van der Waals surface area contributed by atoms with Gasteiger partial charge in [0.15, 0.2) is 5.82 Å². The van der Waals surface area contributed by atoms with Crippen molar-refractivity contribution in [1.82, 2.24) is 15.1 Å². The number of nitrogens with one attached hydrogen (secondary N) is 1. The third kappa shape index (κ3) is 3.17. The molecule has 96 valence electrons. The Kier molecular flexibility index (Phi) is 4.48. The highest BCUT2D eigenvalue weighted by molar-refractivity contribution is 5.50. The average Bonchev–Trinajstić information content (AvgIpc) is 2.46. The van der Waals surface area contributed by atoms with Gasteiger partial charge in [0.25, 0.3) is 0 Å². The predicted octanol–water partition coefficient (Wildman–Crippen LogP) is 1.63. The van der Waals surface area contributed by atoms with Crippen molar-refractivity contribution < 1.29 is 0 Å². The van der Waals surface area contributed by atoms with Gasteiger partial charge in [-0.15, -0.1) is 5.10 Å². The van der Waals surface area contributed by atoms with E-state index in [4.69, 9.17) is 5.26 Å². The number of nitrogens with zero attached hydrogens (tertiary/aromatic N) is 4. The van der Waals surface area contributed by atoms with Gasteiger partial charge in [0.05, 0.1) is 11.8 Å². The van der Waals surface area contributed by atoms with E-state index in [-0.39, 0.29) is 0 Å². The molecule has 0 aromatic carbocycles. The first-order chi connectivity index (χ1) is 8.81. The minimum absolute atomic E-state index is 0.457. The predicted molar refractivity (Wildman–Crippen MR) is 70.1 cm³/mol. The van der Waals surface area contributed by atoms with Crippen molar-refractivity contribution in [3.63, 3.8) is 0 Å². The van der Waals surface area contributed by atoms with Crippen LogP contribution in [0.4, 0.5) is 5.82 Å². The van der Waals surface area contributed by atoms with Crippen LogP contribution in [-0.2, 0) is 0 Å². The summed E-state index contributed by atoms with van der Waals surface area (Å²) < 4.78 is 0. The van der Waals surface area contributed by atoms with Crippen molar-refractivity contribution in [2.45, 2.75) is 32.2 Å². The number of anilines is 1. The van der Waals surface area contributed by atoms with Crippen LogP contribution in [0, 0.1) is 11.3 Å². The Hall–Kier alpha value is -1.67. The summed E-state index contributed by atoms with van der Waals surface area (Å²) in [6.07, 6.45) is 5.47. The van der Waals surface area contributed by atoms with Crippen LogP contribution in [0.3, 0.4) is 0 Å². The second-order valence-electron chi connectivity index (χ2n) is 4.73. The van der Waals surface area contributed by atoms with Gasteiger partial charge in [0.1, 0.15) is 6.07 Å². The normalized spacial score (nSPS) is 18.0. The van der Waals surface area contributed by atoms with E-state index in [2.05, 4.69) is 33.4 Å². The van der Waals surface area contributed by atoms with Gasteiger partial charge in [-0.25, -0.2) is 0 Å². The second kappa shape index (κ2) is 6.31. The van der Waals surface area contributed by atoms with Crippen molar-refractivity contribution in [3.05, 3.63) is 17.8 Å². The lowest BCUT2D eigenvalue weighted by atomic mass is 10.1. The highest BCUT2D eigenvalue weighted by Crippen LogP contribution is 2.13. The van der Waals surface area contributed by atoms with Gasteiger partial charge in [0, 0.05) is 12.6 Å². The Morgan fingerprint density at radius 1 is 1.44 bits per heavy atom. The first-order valence-electron chi connectivity index (χ1n) is 6.51. The summed E-state index contributed by atoms with van der Waals surface area (Å²) in [5, 5.41) is 20.0. The molecule has 1 aromatic heterocycles. The smallest absolute Gasteiger partial charge is 0.166 e. The molecule has 0 radical (unpaired) electrons. The first kappa shape index (κ1) is 12.8. The molecule has 2 rings (SSSR count). The van der Waals surface area contributed by atoms with Crippen LogP contribution in [0.25, 0.3) is 0 Å². The number of aromatic nitrogens is 2. The average molecular weight is 245 g/mol. The number of hydrogen-bond acceptors (Lipinski definition) is 5. The molecule has 0 spiro atoms. The quantitative estimate of drug-likeness (QED) is 0.873. The maximum Gasteiger partial charge on any atom is 0.166 e. The summed E-state index contributed by atoms with van der Waals surface area (Å²) in [7, 11) is 0. The van der Waals surface area contributed by atoms with Crippen LogP contribution in [-0.4, -0.2) is 40.8 Å². The Balaban J connectivity index is 1.88. The molecule has 5 nitrogen and oxygen atoms in total. The van der Waals surface area contributed by atoms with Gasteiger partial charge in [-0.05, 0) is 38.9 Å². The molecule has 18 heavy (non-hydrogen) atoms. The van der Waals surface area contributed by atoms with Crippen molar-refractivity contribution in [2.75, 3.05) is 25.0 Å². The van der Waals surface area contributed by atoms with E-state index in [0.717, 1.165) is 6.54 Å². The molecule has 1 aromatic rings. The zero-order valence-electron chi connectivity index (χ0n) is 10.8. The summed E-state index contributed by atoms with van der Waals surface area (Å²) in [6, 6.07) is 4.26. The van der Waals surface area contributed by atoms with Crippen LogP contribution >= 0.6 is 0 Å². The third-order valence-electron chi connectivity index (χ3n) is 3.42. The van der Waals surface area contributed by atoms with Gasteiger partial charge < -0.3 is 5.32 Å². The molecule has 0 aliphatic carbocycles. The Labute approximate surface area is 108 Å². The van der Waals surface area contributed by atoms with Crippen LogP contribution < -0.4 is 5.32 Å². The molecule has 2 heterocycles. The van der Waals surface area contributed by atoms with Gasteiger partial charge in [-0.1, -0.05) is 6.42 Å². The van der Waals surface area contributed by atoms with E-state index in [1.54, 1.807) is 6.07 Å². The molecule has 1 aliphatic rings. The van der Waals surface area contributed by atoms with Gasteiger partial charge in [-0.2, -0.15) is 10.4 Å². The van der Waals surface area contributed by atoms with E-state index in [1.807, 2.05) is 0 Å². The molecular weight excluding hydrogens is 226 g/mol. The largest absolute Gasteiger partial charge is 0.366 e. The monoisotopic (exact) mass is 245 g/mol. The standard InChI is InChI=1S/C13H19N5/c1-11(18-7-3-2-4-8-18)10-15-13-12(9-14)5-6-16-17-13/h5-6,11H,2-4,7-8,10H2,1H3,(H,15,17). The highest BCUT2D eigenvalue weighted by atomic mass is 15.2. The minimum atomic E-state index is 0.457. The molecule has 1 fully saturated rings. The second-order valence-corrected chi connectivity index (χ2v) is 4.73. The van der Waals surface area contributed by atoms with Gasteiger partial charge >= 0.3 is 0 Å². The minimum Gasteiger partial charge on any atom is -0.366 e. The summed E-state index contributed by atoms with van der Waals surface area (Å²) in [5.41, 5.74) is 0.552. The summed E-state index contributed by atoms with van der Waals surface area (Å²) in [5.74, 6) is 0.587. The van der Waals surface area contributed by atoms with Crippen LogP contribution in [0.2, 0.25) is 0 Å². The summed E-state index contributed by atoms with van der Waals surface area (Å²) in [4.78, 5) is 2.49. The van der Waals surface area contributed by atoms with E-state index in [9.17, 15) is 0 Å². The topological polar surface area (TPSA) is 64.8 Å². The van der Waals surface area contributed by atoms with Gasteiger partial charge in [-0.3, -0.25) is 4.90 Å². The zero-order valence-corrected chi connectivity index (χ0v) is 10.8. The van der Waals surface area contributed by atoms with Crippen LogP contribution in [0.15, 0.2) is 12.3 Å². The molecule has 1 atom stereocenters. The zero-order chi connectivity index (χ0) is 12.8. The maximum absolute atomic E-state index is 8.96. The van der Waals surface area contributed by atoms with Crippen LogP contribution in [0.5, 0.6) is 0 Å². The number of nitriles is 1. The fourth-order valence-electron chi connectivity index (χ4n) is 2.29. The maximum atomic E-state index is 8.96. The number of likely N-dealkylation sites (tertiary alicyclic amines) is 1. The lowest BCUT2D eigenvalue weighted by molar-refractivity contribution is 0.180. The number of hydrogen-bond donors (Lipinski definition) is 1. The van der Waals surface area contributed by atoms with E-state index < -0.39 is 0 Å². The van der Waals surface area contributed by atoms with Crippen molar-refractivity contribution in [3.8, 4) is 6.07 Å². The van der Waals surface area contributed by atoms with Gasteiger partial charge in [0.2, 0.25) is 0 Å². The molecule has 0 bridgehead atoms. The molecule has 1 saturated heterocycles. The fourth-order valence-corrected chi connectivity index (χ4v) is 2.29. The van der Waals surface area contributed by atoms with Crippen LogP contribution in [0.1, 0.15) is 31.7 Å². The molecular formula is C13H19N5. The fraction of sp³-hybridized carbons (Fsp3) is 0.615. The summed E-state index contributed by atoms with van der Waals surface area (Å²) in [6.45, 7) is 5.36. The molecule has 5 heteroatoms. The molecule has 0 saturated carbocycles. The molecule has 1 unspecified atom stereocenters. The van der Waals surface area contributed by atoms with E-state index >= 15 is 0 Å². The lowest BCUT2D eigenvalue weighted by Gasteiger charge is -2.32. The van der Waals surface area contributed by atoms with Crippen molar-refractivity contribution >= 4 is 5.82 Å². The summed E-state index contributed by atoms with van der Waals surface area (Å²) >= 11 is 0. The lowest BCUT2D eigenvalue weighted by Crippen LogP contribution is -2.41. The van der Waals surface area contributed by atoms with E-state index in [0.29, 0.717) is 17.4 Å². The van der Waals surface area contributed by atoms with Crippen molar-refractivity contribution in [1.29, 1.82) is 5.26 Å². The van der Waals surface area contributed by atoms with E-state index in [1.165, 1.54) is 38.5 Å². The molecule has 1 aliphatic heterocycles. The molecule has 0 amide bonds. The Morgan fingerprint density at radius 2 is 2.22 bits per heavy atom. The molecule has 1 N–H and O–H groups in total. The third-order valence-corrected chi connectivity index (χ3v) is 3.42. The first-order valence-corrected chi connectivity index (χ1v) is 6.51. The Morgan fingerprint density at radius 3 is 2.94 bits per heavy atom. The van der Waals surface area contributed by atoms with Crippen molar-refractivity contribution in [2.24, 2.45) is 0 Å². The SMILES string of the molecule is CC(CNc1nnccc1C#N)N1CCCCC1. The Bertz CT molecular complexity index is 420. The highest BCUT2D eigenvalue weighted by Gasteiger charge is 2.16.